The Kier molecular flexibility index (Phi) is 4.94. The summed E-state index contributed by atoms with van der Waals surface area (Å²) >= 11 is 0. The summed E-state index contributed by atoms with van der Waals surface area (Å²) in [6.07, 6.45) is 1.45. The topological polar surface area (TPSA) is 81.2 Å². The molecule has 0 radical (unpaired) electrons. The van der Waals surface area contributed by atoms with Crippen molar-refractivity contribution in [3.63, 3.8) is 0 Å². The fourth-order valence-corrected chi connectivity index (χ4v) is 2.31. The molecule has 7 nitrogen and oxygen atoms in total. The van der Waals surface area contributed by atoms with Crippen LogP contribution in [0.1, 0.15) is 5.56 Å². The predicted octanol–water partition coefficient (Wildman–Crippen LogP) is 3.68. The monoisotopic (exact) mass is 337 g/mol. The van der Waals surface area contributed by atoms with E-state index in [1.807, 2.05) is 49.4 Å². The van der Waals surface area contributed by atoms with Crippen molar-refractivity contribution in [2.75, 3.05) is 24.9 Å². The zero-order valence-electron chi connectivity index (χ0n) is 14.3. The number of rotatable bonds is 6. The Morgan fingerprint density at radius 1 is 0.800 bits per heavy atom. The van der Waals surface area contributed by atoms with Crippen molar-refractivity contribution in [1.82, 2.24) is 15.0 Å². The van der Waals surface area contributed by atoms with Gasteiger partial charge >= 0.3 is 0 Å². The highest BCUT2D eigenvalue weighted by Gasteiger charge is 2.07. The molecule has 0 saturated heterocycles. The molecule has 0 saturated carbocycles. The van der Waals surface area contributed by atoms with E-state index >= 15 is 0 Å². The number of nitrogens with one attached hydrogen (secondary N) is 2. The van der Waals surface area contributed by atoms with Crippen molar-refractivity contribution >= 4 is 23.3 Å². The molecule has 0 unspecified atom stereocenters. The van der Waals surface area contributed by atoms with Crippen LogP contribution in [-0.4, -0.2) is 29.2 Å². The Hall–Kier alpha value is -3.35. The van der Waals surface area contributed by atoms with Gasteiger partial charge in [-0.25, -0.2) is 9.97 Å². The van der Waals surface area contributed by atoms with Crippen molar-refractivity contribution in [1.29, 1.82) is 0 Å². The van der Waals surface area contributed by atoms with E-state index in [0.717, 1.165) is 16.9 Å². The highest BCUT2D eigenvalue weighted by Crippen LogP contribution is 2.30. The van der Waals surface area contributed by atoms with Crippen molar-refractivity contribution in [3.8, 4) is 11.5 Å². The van der Waals surface area contributed by atoms with E-state index in [1.54, 1.807) is 14.2 Å². The molecule has 128 valence electrons. The summed E-state index contributed by atoms with van der Waals surface area (Å²) in [6.45, 7) is 2.03. The molecule has 1 heterocycles. The minimum absolute atomic E-state index is 0.428. The molecule has 0 amide bonds. The van der Waals surface area contributed by atoms with Gasteiger partial charge in [-0.1, -0.05) is 12.1 Å². The Balaban J connectivity index is 1.78. The van der Waals surface area contributed by atoms with E-state index in [0.29, 0.717) is 23.4 Å². The molecule has 2 aromatic carbocycles. The van der Waals surface area contributed by atoms with E-state index in [-0.39, 0.29) is 0 Å². The van der Waals surface area contributed by atoms with Crippen LogP contribution >= 0.6 is 0 Å². The Bertz CT molecular complexity index is 870. The standard InChI is InChI=1S/C18H19N5O2/c1-12-5-4-6-13(9-12)21-17-19-11-20-18(23-17)22-14-7-8-15(24-2)16(10-14)25-3/h4-11H,1-3H3,(H2,19,20,21,22,23). The zero-order valence-corrected chi connectivity index (χ0v) is 14.3. The molecule has 0 aliphatic rings. The summed E-state index contributed by atoms with van der Waals surface area (Å²) in [6, 6.07) is 13.5. The molecule has 0 atom stereocenters. The third-order valence-electron chi connectivity index (χ3n) is 3.49. The van der Waals surface area contributed by atoms with Crippen LogP contribution in [0, 0.1) is 6.92 Å². The molecule has 25 heavy (non-hydrogen) atoms. The molecule has 0 bridgehead atoms. The Morgan fingerprint density at radius 2 is 1.48 bits per heavy atom. The molecular weight excluding hydrogens is 318 g/mol. The van der Waals surface area contributed by atoms with Crippen molar-refractivity contribution in [2.45, 2.75) is 6.92 Å². The van der Waals surface area contributed by atoms with Crippen LogP contribution in [0.5, 0.6) is 11.5 Å². The third kappa shape index (κ3) is 4.14. The van der Waals surface area contributed by atoms with Crippen molar-refractivity contribution < 1.29 is 9.47 Å². The van der Waals surface area contributed by atoms with E-state index < -0.39 is 0 Å². The lowest BCUT2D eigenvalue weighted by Gasteiger charge is -2.11. The molecule has 0 aliphatic heterocycles. The summed E-state index contributed by atoms with van der Waals surface area (Å²) in [5.41, 5.74) is 2.86. The van der Waals surface area contributed by atoms with Gasteiger partial charge < -0.3 is 20.1 Å². The van der Waals surface area contributed by atoms with Gasteiger partial charge in [-0.15, -0.1) is 0 Å². The van der Waals surface area contributed by atoms with Gasteiger partial charge in [0, 0.05) is 17.4 Å². The summed E-state index contributed by atoms with van der Waals surface area (Å²) in [5.74, 6) is 2.17. The SMILES string of the molecule is COc1ccc(Nc2ncnc(Nc3cccc(C)c3)n2)cc1OC. The number of methoxy groups -OCH3 is 2. The minimum Gasteiger partial charge on any atom is -0.493 e. The third-order valence-corrected chi connectivity index (χ3v) is 3.49. The van der Waals surface area contributed by atoms with E-state index in [1.165, 1.54) is 6.33 Å². The van der Waals surface area contributed by atoms with E-state index in [4.69, 9.17) is 9.47 Å². The molecule has 3 aromatic rings. The first-order valence-electron chi connectivity index (χ1n) is 7.69. The van der Waals surface area contributed by atoms with Gasteiger partial charge in [-0.3, -0.25) is 0 Å². The maximum absolute atomic E-state index is 5.30. The molecular formula is C18H19N5O2. The second kappa shape index (κ2) is 7.48. The largest absolute Gasteiger partial charge is 0.493 e. The average molecular weight is 337 g/mol. The first-order chi connectivity index (χ1) is 12.2. The predicted molar refractivity (Wildman–Crippen MR) is 97.1 cm³/mol. The van der Waals surface area contributed by atoms with Gasteiger partial charge in [-0.2, -0.15) is 4.98 Å². The fourth-order valence-electron chi connectivity index (χ4n) is 2.31. The number of hydrogen-bond acceptors (Lipinski definition) is 7. The number of aromatic nitrogens is 3. The number of benzene rings is 2. The average Bonchev–Trinajstić information content (AvgIpc) is 2.62. The van der Waals surface area contributed by atoms with Gasteiger partial charge in [0.15, 0.2) is 11.5 Å². The van der Waals surface area contributed by atoms with Crippen LogP contribution in [0.25, 0.3) is 0 Å². The maximum atomic E-state index is 5.30. The minimum atomic E-state index is 0.428. The first kappa shape index (κ1) is 16.5. The summed E-state index contributed by atoms with van der Waals surface area (Å²) in [4.78, 5) is 12.7. The Labute approximate surface area is 146 Å². The molecule has 2 N–H and O–H groups in total. The number of anilines is 4. The van der Waals surface area contributed by atoms with Gasteiger partial charge in [0.2, 0.25) is 11.9 Å². The normalized spacial score (nSPS) is 10.2. The number of hydrogen-bond donors (Lipinski definition) is 2. The van der Waals surface area contributed by atoms with Crippen LogP contribution in [0.2, 0.25) is 0 Å². The lowest BCUT2D eigenvalue weighted by Crippen LogP contribution is -2.03. The molecule has 0 aliphatic carbocycles. The van der Waals surface area contributed by atoms with Crippen molar-refractivity contribution in [3.05, 3.63) is 54.4 Å². The lowest BCUT2D eigenvalue weighted by atomic mass is 10.2. The number of ether oxygens (including phenoxy) is 2. The summed E-state index contributed by atoms with van der Waals surface area (Å²) in [7, 11) is 3.19. The molecule has 0 spiro atoms. The number of aryl methyl sites for hydroxylation is 1. The molecule has 1 aromatic heterocycles. The van der Waals surface area contributed by atoms with E-state index in [2.05, 4.69) is 25.6 Å². The molecule has 3 rings (SSSR count). The lowest BCUT2D eigenvalue weighted by molar-refractivity contribution is 0.355. The van der Waals surface area contributed by atoms with Crippen LogP contribution in [-0.2, 0) is 0 Å². The second-order valence-corrected chi connectivity index (χ2v) is 5.32. The van der Waals surface area contributed by atoms with Gasteiger partial charge in [0.05, 0.1) is 14.2 Å². The van der Waals surface area contributed by atoms with Gasteiger partial charge in [0.25, 0.3) is 0 Å². The summed E-state index contributed by atoms with van der Waals surface area (Å²) < 4.78 is 10.5. The maximum Gasteiger partial charge on any atom is 0.232 e. The summed E-state index contributed by atoms with van der Waals surface area (Å²) in [5, 5.41) is 6.29. The second-order valence-electron chi connectivity index (χ2n) is 5.32. The smallest absolute Gasteiger partial charge is 0.232 e. The van der Waals surface area contributed by atoms with Crippen LogP contribution in [0.4, 0.5) is 23.3 Å². The van der Waals surface area contributed by atoms with E-state index in [9.17, 15) is 0 Å². The van der Waals surface area contributed by atoms with Gasteiger partial charge in [0.1, 0.15) is 6.33 Å². The van der Waals surface area contributed by atoms with Crippen LogP contribution in [0.15, 0.2) is 48.8 Å². The fraction of sp³-hybridized carbons (Fsp3) is 0.167. The number of nitrogens with zero attached hydrogens (tertiary/aromatic N) is 3. The van der Waals surface area contributed by atoms with Crippen molar-refractivity contribution in [2.24, 2.45) is 0 Å². The molecule has 7 heteroatoms. The highest BCUT2D eigenvalue weighted by atomic mass is 16.5. The first-order valence-corrected chi connectivity index (χ1v) is 7.69. The molecule has 0 fully saturated rings. The van der Waals surface area contributed by atoms with Crippen LogP contribution in [0.3, 0.4) is 0 Å². The van der Waals surface area contributed by atoms with Gasteiger partial charge in [-0.05, 0) is 36.8 Å². The quantitative estimate of drug-likeness (QED) is 0.710. The highest BCUT2D eigenvalue weighted by molar-refractivity contribution is 5.61. The Morgan fingerprint density at radius 3 is 2.12 bits per heavy atom. The zero-order chi connectivity index (χ0) is 17.6. The van der Waals surface area contributed by atoms with Crippen LogP contribution < -0.4 is 20.1 Å².